The zero-order valence-electron chi connectivity index (χ0n) is 19.3. The van der Waals surface area contributed by atoms with Gasteiger partial charge in [-0.15, -0.1) is 11.8 Å². The lowest BCUT2D eigenvalue weighted by atomic mass is 10.1. The van der Waals surface area contributed by atoms with Crippen molar-refractivity contribution < 1.29 is 18.7 Å². The first kappa shape index (κ1) is 25.7. The Kier molecular flexibility index (Phi) is 10.5. The van der Waals surface area contributed by atoms with Crippen LogP contribution in [0.5, 0.6) is 5.75 Å². The molecule has 7 heteroatoms. The fraction of sp³-hybridized carbons (Fsp3) is 0.440. The van der Waals surface area contributed by atoms with Crippen molar-refractivity contribution >= 4 is 23.6 Å². The Balaban J connectivity index is 2.15. The monoisotopic (exact) mass is 460 g/mol. The average Bonchev–Trinajstić information content (AvgIpc) is 2.80. The van der Waals surface area contributed by atoms with E-state index in [2.05, 4.69) is 5.32 Å². The number of methoxy groups -OCH3 is 1. The topological polar surface area (TPSA) is 58.6 Å². The SMILES string of the molecule is CC[C@H](C)NC(=O)[C@H](CC)N(Cc1ccc(OC)cc1)C(=O)CSCc1ccccc1F. The van der Waals surface area contributed by atoms with Crippen LogP contribution in [0.1, 0.15) is 44.7 Å². The van der Waals surface area contributed by atoms with Crippen LogP contribution < -0.4 is 10.1 Å². The van der Waals surface area contributed by atoms with Crippen molar-refractivity contribution in [3.05, 3.63) is 65.5 Å². The van der Waals surface area contributed by atoms with E-state index in [-0.39, 0.29) is 29.4 Å². The van der Waals surface area contributed by atoms with E-state index in [0.29, 0.717) is 24.3 Å². The van der Waals surface area contributed by atoms with Crippen molar-refractivity contribution in [1.29, 1.82) is 0 Å². The lowest BCUT2D eigenvalue weighted by molar-refractivity contribution is -0.139. The molecule has 0 aliphatic heterocycles. The van der Waals surface area contributed by atoms with Gasteiger partial charge >= 0.3 is 0 Å². The number of thioether (sulfide) groups is 1. The zero-order valence-corrected chi connectivity index (χ0v) is 20.1. The van der Waals surface area contributed by atoms with Crippen LogP contribution in [0.2, 0.25) is 0 Å². The molecule has 0 bridgehead atoms. The molecule has 32 heavy (non-hydrogen) atoms. The first-order chi connectivity index (χ1) is 15.4. The lowest BCUT2D eigenvalue weighted by Crippen LogP contribution is -2.51. The predicted molar refractivity (Wildman–Crippen MR) is 128 cm³/mol. The summed E-state index contributed by atoms with van der Waals surface area (Å²) in [6.45, 7) is 6.17. The molecule has 0 aromatic heterocycles. The smallest absolute Gasteiger partial charge is 0.243 e. The Labute approximate surface area is 194 Å². The normalized spacial score (nSPS) is 12.7. The maximum absolute atomic E-state index is 13.9. The molecule has 0 heterocycles. The molecular formula is C25H33FN2O3S. The number of nitrogens with one attached hydrogen (secondary N) is 1. The predicted octanol–water partition coefficient (Wildman–Crippen LogP) is 4.79. The maximum atomic E-state index is 13.9. The summed E-state index contributed by atoms with van der Waals surface area (Å²) in [4.78, 5) is 27.8. The quantitative estimate of drug-likeness (QED) is 0.495. The molecule has 1 N–H and O–H groups in total. The van der Waals surface area contributed by atoms with Crippen molar-refractivity contribution in [3.8, 4) is 5.75 Å². The molecule has 0 unspecified atom stereocenters. The third-order valence-electron chi connectivity index (χ3n) is 5.34. The van der Waals surface area contributed by atoms with E-state index in [0.717, 1.165) is 17.7 Å². The average molecular weight is 461 g/mol. The summed E-state index contributed by atoms with van der Waals surface area (Å²) < 4.78 is 19.1. The van der Waals surface area contributed by atoms with Gasteiger partial charge in [0.2, 0.25) is 11.8 Å². The fourth-order valence-electron chi connectivity index (χ4n) is 3.23. The van der Waals surface area contributed by atoms with Crippen molar-refractivity contribution in [2.24, 2.45) is 0 Å². The molecule has 2 rings (SSSR count). The summed E-state index contributed by atoms with van der Waals surface area (Å²) in [7, 11) is 1.60. The molecule has 5 nitrogen and oxygen atoms in total. The highest BCUT2D eigenvalue weighted by molar-refractivity contribution is 7.99. The standard InChI is InChI=1S/C25H33FN2O3S/c1-5-18(3)27-25(30)23(6-2)28(15-19-11-13-21(31-4)14-12-19)24(29)17-32-16-20-9-7-8-10-22(20)26/h7-14,18,23H,5-6,15-17H2,1-4H3,(H,27,30)/t18-,23-/m0/s1. The minimum absolute atomic E-state index is 0.0323. The molecule has 0 aliphatic rings. The number of ether oxygens (including phenoxy) is 1. The van der Waals surface area contributed by atoms with Crippen LogP contribution in [0.15, 0.2) is 48.5 Å². The highest BCUT2D eigenvalue weighted by Crippen LogP contribution is 2.20. The van der Waals surface area contributed by atoms with Crippen LogP contribution in [-0.2, 0) is 21.9 Å². The highest BCUT2D eigenvalue weighted by Gasteiger charge is 2.29. The third kappa shape index (κ3) is 7.55. The molecule has 2 atom stereocenters. The van der Waals surface area contributed by atoms with Gasteiger partial charge in [-0.3, -0.25) is 9.59 Å². The molecule has 174 valence electrons. The number of nitrogens with zero attached hydrogens (tertiary/aromatic N) is 1. The Bertz CT molecular complexity index is 876. The summed E-state index contributed by atoms with van der Waals surface area (Å²) in [6, 6.07) is 13.5. The van der Waals surface area contributed by atoms with E-state index in [1.807, 2.05) is 45.0 Å². The first-order valence-electron chi connectivity index (χ1n) is 10.9. The van der Waals surface area contributed by atoms with Gasteiger partial charge in [0.1, 0.15) is 17.6 Å². The number of carbonyl (C=O) groups excluding carboxylic acids is 2. The van der Waals surface area contributed by atoms with Gasteiger partial charge in [0, 0.05) is 18.3 Å². The Morgan fingerprint density at radius 3 is 2.38 bits per heavy atom. The summed E-state index contributed by atoms with van der Waals surface area (Å²) in [5.41, 5.74) is 1.47. The van der Waals surface area contributed by atoms with E-state index in [4.69, 9.17) is 4.74 Å². The van der Waals surface area contributed by atoms with Crippen molar-refractivity contribution in [1.82, 2.24) is 10.2 Å². The zero-order chi connectivity index (χ0) is 23.5. The van der Waals surface area contributed by atoms with Gasteiger partial charge in [0.25, 0.3) is 0 Å². The molecule has 0 saturated carbocycles. The Hall–Kier alpha value is -2.54. The van der Waals surface area contributed by atoms with Crippen LogP contribution >= 0.6 is 11.8 Å². The largest absolute Gasteiger partial charge is 0.497 e. The maximum Gasteiger partial charge on any atom is 0.243 e. The number of amides is 2. The van der Waals surface area contributed by atoms with Gasteiger partial charge in [-0.05, 0) is 49.1 Å². The van der Waals surface area contributed by atoms with Crippen molar-refractivity contribution in [2.75, 3.05) is 12.9 Å². The van der Waals surface area contributed by atoms with E-state index < -0.39 is 6.04 Å². The summed E-state index contributed by atoms with van der Waals surface area (Å²) in [5.74, 6) is 0.717. The first-order valence-corrected chi connectivity index (χ1v) is 12.1. The van der Waals surface area contributed by atoms with Gasteiger partial charge in [-0.1, -0.05) is 44.2 Å². The van der Waals surface area contributed by atoms with E-state index >= 15 is 0 Å². The van der Waals surface area contributed by atoms with Gasteiger partial charge in [-0.2, -0.15) is 0 Å². The van der Waals surface area contributed by atoms with Crippen LogP contribution in [0.3, 0.4) is 0 Å². The molecule has 2 aromatic rings. The summed E-state index contributed by atoms with van der Waals surface area (Å²) >= 11 is 1.35. The molecule has 0 fully saturated rings. The second kappa shape index (κ2) is 13.1. The molecule has 2 aromatic carbocycles. The number of carbonyl (C=O) groups is 2. The number of rotatable bonds is 12. The molecule has 0 aliphatic carbocycles. The highest BCUT2D eigenvalue weighted by atomic mass is 32.2. The lowest BCUT2D eigenvalue weighted by Gasteiger charge is -2.31. The molecule has 0 radical (unpaired) electrons. The minimum atomic E-state index is -0.576. The number of hydrogen-bond acceptors (Lipinski definition) is 4. The van der Waals surface area contributed by atoms with Crippen LogP contribution in [-0.4, -0.2) is 41.7 Å². The van der Waals surface area contributed by atoms with E-state index in [1.54, 1.807) is 30.2 Å². The summed E-state index contributed by atoms with van der Waals surface area (Å²) in [5, 5.41) is 3.00. The van der Waals surface area contributed by atoms with Gasteiger partial charge in [0.15, 0.2) is 0 Å². The third-order valence-corrected chi connectivity index (χ3v) is 6.31. The molecule has 2 amide bonds. The molecular weight excluding hydrogens is 427 g/mol. The second-order valence-corrected chi connectivity index (χ2v) is 8.68. The number of hydrogen-bond donors (Lipinski definition) is 1. The van der Waals surface area contributed by atoms with Crippen LogP contribution in [0.4, 0.5) is 4.39 Å². The number of benzene rings is 2. The van der Waals surface area contributed by atoms with Crippen LogP contribution in [0.25, 0.3) is 0 Å². The van der Waals surface area contributed by atoms with E-state index in [1.165, 1.54) is 17.8 Å². The van der Waals surface area contributed by atoms with Crippen molar-refractivity contribution in [2.45, 2.75) is 58.0 Å². The van der Waals surface area contributed by atoms with Crippen molar-refractivity contribution in [3.63, 3.8) is 0 Å². The number of halogens is 1. The Morgan fingerprint density at radius 2 is 1.78 bits per heavy atom. The molecule has 0 spiro atoms. The Morgan fingerprint density at radius 1 is 1.09 bits per heavy atom. The fourth-order valence-corrected chi connectivity index (χ4v) is 4.13. The summed E-state index contributed by atoms with van der Waals surface area (Å²) in [6.07, 6.45) is 1.31. The van der Waals surface area contributed by atoms with Gasteiger partial charge in [-0.25, -0.2) is 4.39 Å². The van der Waals surface area contributed by atoms with E-state index in [9.17, 15) is 14.0 Å². The van der Waals surface area contributed by atoms with Gasteiger partial charge in [0.05, 0.1) is 12.9 Å². The minimum Gasteiger partial charge on any atom is -0.497 e. The second-order valence-electron chi connectivity index (χ2n) is 7.70. The molecule has 0 saturated heterocycles. The van der Waals surface area contributed by atoms with Crippen LogP contribution in [0, 0.1) is 5.82 Å². The van der Waals surface area contributed by atoms with Gasteiger partial charge < -0.3 is 15.0 Å².